The lowest BCUT2D eigenvalue weighted by atomic mass is 10.1. The second-order valence-electron chi connectivity index (χ2n) is 6.63. The fourth-order valence-corrected chi connectivity index (χ4v) is 4.06. The molecule has 0 radical (unpaired) electrons. The average molecular weight is 421 g/mol. The Morgan fingerprint density at radius 2 is 2.00 bits per heavy atom. The zero-order valence-electron chi connectivity index (χ0n) is 14.9. The van der Waals surface area contributed by atoms with Crippen LogP contribution in [0.3, 0.4) is 0 Å². The van der Waals surface area contributed by atoms with Gasteiger partial charge in [-0.15, -0.1) is 0 Å². The van der Waals surface area contributed by atoms with Crippen LogP contribution in [0.5, 0.6) is 11.5 Å². The topological polar surface area (TPSA) is 128 Å². The van der Waals surface area contributed by atoms with E-state index in [1.54, 1.807) is 0 Å². The average Bonchev–Trinajstić information content (AvgIpc) is 2.65. The minimum atomic E-state index is -3.93. The standard InChI is InChI=1S/C18H16FN3O6S/c19-11-2-3-14-16(6-11)27-7-12(9-29(20,25)26)22(14)18(24)10-1-4-15-13(5-10)21-17(23)8-28-15/h1-6,12H,7-9H2,(H,21,23)(H2,20,25,26)/t12-/m1/s1. The van der Waals surface area contributed by atoms with Crippen LogP contribution in [-0.2, 0) is 14.8 Å². The molecule has 2 amide bonds. The van der Waals surface area contributed by atoms with Crippen LogP contribution >= 0.6 is 0 Å². The Labute approximate surface area is 165 Å². The molecule has 3 N–H and O–H groups in total. The molecule has 152 valence electrons. The molecule has 2 aromatic rings. The number of carbonyl (C=O) groups excluding carboxylic acids is 2. The Morgan fingerprint density at radius 3 is 2.76 bits per heavy atom. The summed E-state index contributed by atoms with van der Waals surface area (Å²) in [4.78, 5) is 26.1. The fourth-order valence-electron chi connectivity index (χ4n) is 3.28. The van der Waals surface area contributed by atoms with Crippen LogP contribution in [0, 0.1) is 5.82 Å². The molecule has 4 rings (SSSR count). The number of rotatable bonds is 3. The molecule has 0 saturated heterocycles. The van der Waals surface area contributed by atoms with Crippen molar-refractivity contribution in [3.8, 4) is 11.5 Å². The van der Waals surface area contributed by atoms with Crippen LogP contribution in [0.2, 0.25) is 0 Å². The van der Waals surface area contributed by atoms with E-state index in [0.717, 1.165) is 12.1 Å². The SMILES string of the molecule is NS(=O)(=O)C[C@H]1COc2cc(F)ccc2N1C(=O)c1ccc2c(c1)NC(=O)CO2. The molecule has 2 aliphatic rings. The summed E-state index contributed by atoms with van der Waals surface area (Å²) in [6.45, 7) is -0.303. The van der Waals surface area contributed by atoms with Crippen LogP contribution < -0.4 is 24.8 Å². The molecule has 0 fully saturated rings. The van der Waals surface area contributed by atoms with Gasteiger partial charge in [0, 0.05) is 11.6 Å². The molecule has 2 aromatic carbocycles. The van der Waals surface area contributed by atoms with E-state index < -0.39 is 33.5 Å². The van der Waals surface area contributed by atoms with Gasteiger partial charge in [-0.05, 0) is 30.3 Å². The van der Waals surface area contributed by atoms with E-state index in [-0.39, 0.29) is 36.1 Å². The first-order valence-electron chi connectivity index (χ1n) is 8.54. The molecule has 11 heteroatoms. The number of benzene rings is 2. The molecule has 2 aliphatic heterocycles. The molecule has 0 unspecified atom stereocenters. The lowest BCUT2D eigenvalue weighted by Crippen LogP contribution is -2.51. The third-order valence-electron chi connectivity index (χ3n) is 4.48. The molecule has 0 saturated carbocycles. The normalized spacial score (nSPS) is 18.1. The first-order valence-corrected chi connectivity index (χ1v) is 10.3. The van der Waals surface area contributed by atoms with Crippen molar-refractivity contribution in [1.29, 1.82) is 0 Å². The summed E-state index contributed by atoms with van der Waals surface area (Å²) in [6.07, 6.45) is 0. The largest absolute Gasteiger partial charge is 0.489 e. The maximum Gasteiger partial charge on any atom is 0.262 e. The van der Waals surface area contributed by atoms with Gasteiger partial charge in [0.15, 0.2) is 6.61 Å². The number of carbonyl (C=O) groups is 2. The fraction of sp³-hybridized carbons (Fsp3) is 0.222. The van der Waals surface area contributed by atoms with Gasteiger partial charge >= 0.3 is 0 Å². The van der Waals surface area contributed by atoms with Gasteiger partial charge in [0.2, 0.25) is 10.0 Å². The number of nitrogens with zero attached hydrogens (tertiary/aromatic N) is 1. The highest BCUT2D eigenvalue weighted by Crippen LogP contribution is 2.37. The second kappa shape index (κ2) is 7.01. The summed E-state index contributed by atoms with van der Waals surface area (Å²) in [7, 11) is -3.93. The number of anilines is 2. The maximum atomic E-state index is 13.6. The van der Waals surface area contributed by atoms with E-state index in [1.165, 1.54) is 29.2 Å². The van der Waals surface area contributed by atoms with Gasteiger partial charge in [-0.2, -0.15) is 0 Å². The van der Waals surface area contributed by atoms with E-state index >= 15 is 0 Å². The highest BCUT2D eigenvalue weighted by Gasteiger charge is 2.36. The molecule has 0 aliphatic carbocycles. The number of hydrogen-bond donors (Lipinski definition) is 2. The Balaban J connectivity index is 1.75. The van der Waals surface area contributed by atoms with E-state index in [0.29, 0.717) is 11.4 Å². The third kappa shape index (κ3) is 3.87. The van der Waals surface area contributed by atoms with Gasteiger partial charge in [-0.3, -0.25) is 14.5 Å². The van der Waals surface area contributed by atoms with Crippen LogP contribution in [0.4, 0.5) is 15.8 Å². The van der Waals surface area contributed by atoms with Crippen molar-refractivity contribution in [2.75, 3.05) is 29.2 Å². The van der Waals surface area contributed by atoms with Crippen LogP contribution in [0.15, 0.2) is 36.4 Å². The van der Waals surface area contributed by atoms with Crippen molar-refractivity contribution in [3.05, 3.63) is 47.8 Å². The zero-order valence-corrected chi connectivity index (χ0v) is 15.7. The van der Waals surface area contributed by atoms with Crippen LogP contribution in [0.25, 0.3) is 0 Å². The number of halogens is 1. The number of fused-ring (bicyclic) bond motifs is 2. The Bertz CT molecular complexity index is 1120. The monoisotopic (exact) mass is 421 g/mol. The summed E-state index contributed by atoms with van der Waals surface area (Å²) in [6, 6.07) is 7.13. The summed E-state index contributed by atoms with van der Waals surface area (Å²) in [5.41, 5.74) is 0.711. The third-order valence-corrected chi connectivity index (χ3v) is 5.33. The molecule has 0 bridgehead atoms. The van der Waals surface area contributed by atoms with Crippen molar-refractivity contribution >= 4 is 33.2 Å². The van der Waals surface area contributed by atoms with E-state index in [4.69, 9.17) is 14.6 Å². The Hall–Kier alpha value is -3.18. The van der Waals surface area contributed by atoms with Gasteiger partial charge in [0.05, 0.1) is 23.2 Å². The highest BCUT2D eigenvalue weighted by atomic mass is 32.2. The quantitative estimate of drug-likeness (QED) is 0.756. The molecule has 9 nitrogen and oxygen atoms in total. The second-order valence-corrected chi connectivity index (χ2v) is 8.29. The van der Waals surface area contributed by atoms with Crippen molar-refractivity contribution < 1.29 is 31.9 Å². The first-order chi connectivity index (χ1) is 13.7. The number of amides is 2. The molecule has 0 aromatic heterocycles. The number of nitrogens with one attached hydrogen (secondary N) is 1. The van der Waals surface area contributed by atoms with E-state index in [1.807, 2.05) is 0 Å². The molecule has 29 heavy (non-hydrogen) atoms. The van der Waals surface area contributed by atoms with Crippen molar-refractivity contribution in [2.45, 2.75) is 6.04 Å². The molecule has 2 heterocycles. The van der Waals surface area contributed by atoms with Gasteiger partial charge in [-0.1, -0.05) is 0 Å². The molecule has 1 atom stereocenters. The lowest BCUT2D eigenvalue weighted by Gasteiger charge is -2.36. The lowest BCUT2D eigenvalue weighted by molar-refractivity contribution is -0.118. The smallest absolute Gasteiger partial charge is 0.262 e. The van der Waals surface area contributed by atoms with Gasteiger partial charge in [0.25, 0.3) is 11.8 Å². The van der Waals surface area contributed by atoms with Crippen LogP contribution in [-0.4, -0.2) is 45.2 Å². The van der Waals surface area contributed by atoms with Crippen LogP contribution in [0.1, 0.15) is 10.4 Å². The minimum Gasteiger partial charge on any atom is -0.489 e. The summed E-state index contributed by atoms with van der Waals surface area (Å²) in [5, 5.41) is 7.78. The summed E-state index contributed by atoms with van der Waals surface area (Å²) < 4.78 is 47.6. The van der Waals surface area contributed by atoms with Gasteiger partial charge < -0.3 is 14.8 Å². The number of ether oxygens (including phenoxy) is 2. The Morgan fingerprint density at radius 1 is 1.21 bits per heavy atom. The Kier molecular flexibility index (Phi) is 4.63. The molecular formula is C18H16FN3O6S. The minimum absolute atomic E-state index is 0.110. The van der Waals surface area contributed by atoms with Crippen molar-refractivity contribution in [2.24, 2.45) is 5.14 Å². The number of nitrogens with two attached hydrogens (primary N) is 1. The summed E-state index contributed by atoms with van der Waals surface area (Å²) in [5.74, 6) is -1.50. The molecular weight excluding hydrogens is 405 g/mol. The summed E-state index contributed by atoms with van der Waals surface area (Å²) >= 11 is 0. The predicted molar refractivity (Wildman–Crippen MR) is 101 cm³/mol. The number of sulfonamides is 1. The number of primary sulfonamides is 1. The first kappa shape index (κ1) is 19.2. The predicted octanol–water partition coefficient (Wildman–Crippen LogP) is 0.853. The number of hydrogen-bond acceptors (Lipinski definition) is 6. The highest BCUT2D eigenvalue weighted by molar-refractivity contribution is 7.89. The van der Waals surface area contributed by atoms with E-state index in [9.17, 15) is 22.4 Å². The molecule has 0 spiro atoms. The van der Waals surface area contributed by atoms with E-state index in [2.05, 4.69) is 5.32 Å². The maximum absolute atomic E-state index is 13.6. The van der Waals surface area contributed by atoms with Crippen molar-refractivity contribution in [3.63, 3.8) is 0 Å². The van der Waals surface area contributed by atoms with Crippen molar-refractivity contribution in [1.82, 2.24) is 0 Å². The zero-order chi connectivity index (χ0) is 20.8. The van der Waals surface area contributed by atoms with Gasteiger partial charge in [-0.25, -0.2) is 17.9 Å². The van der Waals surface area contributed by atoms with Gasteiger partial charge in [0.1, 0.15) is 23.9 Å².